The average molecular weight is 563 g/mol. The molecule has 0 bridgehead atoms. The van der Waals surface area contributed by atoms with Crippen LogP contribution in [0, 0.1) is 20.8 Å². The molecule has 0 radical (unpaired) electrons. The Hall–Kier alpha value is -3.96. The van der Waals surface area contributed by atoms with Gasteiger partial charge in [-0.15, -0.1) is 0 Å². The highest BCUT2D eigenvalue weighted by atomic mass is 32.2. The fourth-order valence-electron chi connectivity index (χ4n) is 5.09. The first-order chi connectivity index (χ1) is 18.6. The maximum Gasteiger partial charge on any atom is 0.229 e. The Labute approximate surface area is 233 Å². The fraction of sp³-hybridized carbons (Fsp3) is 0.250. The molecule has 4 aromatic rings. The van der Waals surface area contributed by atoms with Crippen molar-refractivity contribution in [2.24, 2.45) is 0 Å². The molecule has 1 saturated heterocycles. The summed E-state index contributed by atoms with van der Waals surface area (Å²) >= 11 is 5.88. The second kappa shape index (κ2) is 10.3. The lowest BCUT2D eigenvalue weighted by Gasteiger charge is -2.28. The first-order valence-corrected chi connectivity index (χ1v) is 14.7. The van der Waals surface area contributed by atoms with Crippen LogP contribution in [0.2, 0.25) is 0 Å². The average Bonchev–Trinajstić information content (AvgIpc) is 3.39. The van der Waals surface area contributed by atoms with Crippen LogP contribution >= 0.6 is 12.2 Å². The van der Waals surface area contributed by atoms with E-state index < -0.39 is 10.0 Å². The van der Waals surface area contributed by atoms with Crippen LogP contribution in [0.15, 0.2) is 67.0 Å². The van der Waals surface area contributed by atoms with Crippen molar-refractivity contribution in [2.45, 2.75) is 32.9 Å². The minimum absolute atomic E-state index is 0.238. The zero-order chi connectivity index (χ0) is 27.9. The number of anilines is 2. The Morgan fingerprint density at radius 1 is 1.05 bits per heavy atom. The van der Waals surface area contributed by atoms with Gasteiger partial charge < -0.3 is 19.5 Å². The molecule has 202 valence electrons. The van der Waals surface area contributed by atoms with Crippen molar-refractivity contribution in [1.82, 2.24) is 19.9 Å². The molecule has 5 rings (SSSR count). The Balaban J connectivity index is 1.66. The molecule has 4 heterocycles. The Kier molecular flexibility index (Phi) is 7.04. The molecule has 0 spiro atoms. The number of methoxy groups -OCH3 is 1. The lowest BCUT2D eigenvalue weighted by molar-refractivity contribution is 0.417. The summed E-state index contributed by atoms with van der Waals surface area (Å²) < 4.78 is 34.0. The predicted octanol–water partition coefficient (Wildman–Crippen LogP) is 4.75. The van der Waals surface area contributed by atoms with Crippen LogP contribution in [-0.4, -0.2) is 41.4 Å². The van der Waals surface area contributed by atoms with E-state index in [1.54, 1.807) is 18.3 Å². The molecule has 2 N–H and O–H groups in total. The van der Waals surface area contributed by atoms with Crippen LogP contribution in [-0.2, 0) is 10.0 Å². The lowest BCUT2D eigenvalue weighted by atomic mass is 9.96. The third-order valence-electron chi connectivity index (χ3n) is 6.77. The molecule has 1 aliphatic heterocycles. The number of pyridine rings is 2. The molecule has 11 heteroatoms. The quantitative estimate of drug-likeness (QED) is 0.311. The van der Waals surface area contributed by atoms with Gasteiger partial charge in [0.05, 0.1) is 36.8 Å². The van der Waals surface area contributed by atoms with Crippen LogP contribution < -0.4 is 19.7 Å². The zero-order valence-corrected chi connectivity index (χ0v) is 24.0. The van der Waals surface area contributed by atoms with Crippen molar-refractivity contribution in [3.8, 4) is 11.6 Å². The molecule has 0 aliphatic carbocycles. The summed E-state index contributed by atoms with van der Waals surface area (Å²) in [6.45, 7) is 6.16. The summed E-state index contributed by atoms with van der Waals surface area (Å²) in [7, 11) is -1.98. The maximum atomic E-state index is 11.9. The number of ether oxygens (including phenoxy) is 1. The summed E-state index contributed by atoms with van der Waals surface area (Å²) in [5.74, 6) is 1.23. The highest BCUT2D eigenvalue weighted by Gasteiger charge is 2.42. The van der Waals surface area contributed by atoms with E-state index >= 15 is 0 Å². The first kappa shape index (κ1) is 26.6. The number of rotatable bonds is 7. The number of hydrogen-bond acceptors (Lipinski definition) is 6. The van der Waals surface area contributed by atoms with Crippen LogP contribution in [0.1, 0.15) is 40.3 Å². The van der Waals surface area contributed by atoms with Crippen LogP contribution in [0.25, 0.3) is 5.82 Å². The number of aromatic nitrogens is 3. The normalized spacial score (nSPS) is 17.3. The van der Waals surface area contributed by atoms with E-state index in [4.69, 9.17) is 17.0 Å². The molecular weight excluding hydrogens is 532 g/mol. The number of hydrogen-bond donors (Lipinski definition) is 2. The number of benzene rings is 1. The molecule has 9 nitrogen and oxygen atoms in total. The molecule has 0 amide bonds. The molecule has 1 aliphatic rings. The molecule has 0 saturated carbocycles. The van der Waals surface area contributed by atoms with Gasteiger partial charge in [-0.2, -0.15) is 0 Å². The molecule has 39 heavy (non-hydrogen) atoms. The van der Waals surface area contributed by atoms with Gasteiger partial charge in [0.2, 0.25) is 10.0 Å². The molecule has 1 fully saturated rings. The SMILES string of the molecule is COc1cc(N2C(=S)NC(c3ccccn3)C2c2cc(C)n(-c3ccc(C)cn3)c2C)ccc1NS(C)(=O)=O. The fourth-order valence-corrected chi connectivity index (χ4v) is 6.01. The largest absolute Gasteiger partial charge is 0.494 e. The number of nitrogens with one attached hydrogen (secondary N) is 2. The molecule has 2 unspecified atom stereocenters. The summed E-state index contributed by atoms with van der Waals surface area (Å²) in [6.07, 6.45) is 4.74. The zero-order valence-electron chi connectivity index (χ0n) is 22.3. The van der Waals surface area contributed by atoms with Crippen molar-refractivity contribution < 1.29 is 13.2 Å². The minimum Gasteiger partial charge on any atom is -0.494 e. The van der Waals surface area contributed by atoms with Crippen LogP contribution in [0.5, 0.6) is 5.75 Å². The van der Waals surface area contributed by atoms with Crippen molar-refractivity contribution in [2.75, 3.05) is 23.0 Å². The monoisotopic (exact) mass is 562 g/mol. The van der Waals surface area contributed by atoms with Gasteiger partial charge in [0.1, 0.15) is 11.6 Å². The number of thiocarbonyl (C=S) groups is 1. The van der Waals surface area contributed by atoms with Crippen molar-refractivity contribution in [3.63, 3.8) is 0 Å². The first-order valence-electron chi connectivity index (χ1n) is 12.4. The van der Waals surface area contributed by atoms with Gasteiger partial charge in [-0.1, -0.05) is 12.1 Å². The van der Waals surface area contributed by atoms with Gasteiger partial charge in [0, 0.05) is 35.5 Å². The second-order valence-corrected chi connectivity index (χ2v) is 11.7. The van der Waals surface area contributed by atoms with E-state index in [-0.39, 0.29) is 12.1 Å². The van der Waals surface area contributed by atoms with Crippen LogP contribution in [0.4, 0.5) is 11.4 Å². The van der Waals surface area contributed by atoms with E-state index in [1.165, 1.54) is 7.11 Å². The van der Waals surface area contributed by atoms with E-state index in [1.807, 2.05) is 48.4 Å². The molecule has 3 aromatic heterocycles. The standard InChI is InChI=1S/C28H30N6O3S2/c1-17-9-12-25(30-16-17)33-18(2)14-21(19(33)3)27-26(23-8-6-7-13-29-23)31-28(38)34(27)20-10-11-22(24(15-20)37-4)32-39(5,35)36/h6-16,26-27,32H,1-5H3,(H,31,38). The van der Waals surface area contributed by atoms with Gasteiger partial charge in [-0.25, -0.2) is 13.4 Å². The molecular formula is C28H30N6O3S2. The summed E-state index contributed by atoms with van der Waals surface area (Å²) in [5, 5.41) is 4.01. The minimum atomic E-state index is -3.49. The number of nitrogens with zero attached hydrogens (tertiary/aromatic N) is 4. The van der Waals surface area contributed by atoms with E-state index in [0.29, 0.717) is 16.5 Å². The van der Waals surface area contributed by atoms with Crippen molar-refractivity contribution in [1.29, 1.82) is 0 Å². The Morgan fingerprint density at radius 2 is 1.85 bits per heavy atom. The van der Waals surface area contributed by atoms with E-state index in [0.717, 1.165) is 46.0 Å². The van der Waals surface area contributed by atoms with Gasteiger partial charge in [0.15, 0.2) is 5.11 Å². The molecule has 1 aromatic carbocycles. The third kappa shape index (κ3) is 5.19. The third-order valence-corrected chi connectivity index (χ3v) is 7.68. The number of aryl methyl sites for hydroxylation is 2. The predicted molar refractivity (Wildman–Crippen MR) is 157 cm³/mol. The second-order valence-electron chi connectivity index (χ2n) is 9.61. The highest BCUT2D eigenvalue weighted by Crippen LogP contribution is 2.45. The lowest BCUT2D eigenvalue weighted by Crippen LogP contribution is -2.29. The topological polar surface area (TPSA) is 101 Å². The Morgan fingerprint density at radius 3 is 2.49 bits per heavy atom. The Bertz CT molecular complexity index is 1640. The van der Waals surface area contributed by atoms with Gasteiger partial charge in [0.25, 0.3) is 0 Å². The molecule has 2 atom stereocenters. The van der Waals surface area contributed by atoms with Crippen LogP contribution in [0.3, 0.4) is 0 Å². The van der Waals surface area contributed by atoms with Gasteiger partial charge >= 0.3 is 0 Å². The smallest absolute Gasteiger partial charge is 0.229 e. The van der Waals surface area contributed by atoms with Gasteiger partial charge in [-0.3, -0.25) is 9.71 Å². The summed E-state index contributed by atoms with van der Waals surface area (Å²) in [6, 6.07) is 16.9. The van der Waals surface area contributed by atoms with Crippen molar-refractivity contribution in [3.05, 3.63) is 95.2 Å². The van der Waals surface area contributed by atoms with E-state index in [9.17, 15) is 8.42 Å². The number of sulfonamides is 1. The van der Waals surface area contributed by atoms with Gasteiger partial charge in [-0.05, 0) is 80.5 Å². The van der Waals surface area contributed by atoms with Crippen molar-refractivity contribution >= 4 is 38.7 Å². The highest BCUT2D eigenvalue weighted by molar-refractivity contribution is 7.92. The maximum absolute atomic E-state index is 11.9. The van der Waals surface area contributed by atoms with E-state index in [2.05, 4.69) is 50.6 Å². The summed E-state index contributed by atoms with van der Waals surface area (Å²) in [4.78, 5) is 11.3. The summed E-state index contributed by atoms with van der Waals surface area (Å²) in [5.41, 5.74) is 6.20.